The first-order valence-electron chi connectivity index (χ1n) is 7.41. The predicted molar refractivity (Wildman–Crippen MR) is 82.2 cm³/mol. The van der Waals surface area contributed by atoms with E-state index >= 15 is 0 Å². The maximum atomic E-state index is 13.4. The van der Waals surface area contributed by atoms with Crippen LogP contribution < -0.4 is 5.73 Å². The van der Waals surface area contributed by atoms with Gasteiger partial charge in [-0.05, 0) is 49.5 Å². The molecule has 2 N–H and O–H groups in total. The molecule has 0 unspecified atom stereocenters. The Morgan fingerprint density at radius 3 is 2.81 bits per heavy atom. The molecule has 0 aromatic heterocycles. The van der Waals surface area contributed by atoms with Crippen molar-refractivity contribution in [2.75, 3.05) is 33.4 Å². The van der Waals surface area contributed by atoms with Crippen molar-refractivity contribution in [3.8, 4) is 11.8 Å². The minimum atomic E-state index is -0.251. The van der Waals surface area contributed by atoms with Crippen LogP contribution in [0.25, 0.3) is 0 Å². The van der Waals surface area contributed by atoms with Gasteiger partial charge in [0.1, 0.15) is 5.82 Å². The summed E-state index contributed by atoms with van der Waals surface area (Å²) in [5.41, 5.74) is 7.22. The molecular weight excluding hydrogens is 267 g/mol. The quantitative estimate of drug-likeness (QED) is 0.862. The Kier molecular flexibility index (Phi) is 6.19. The predicted octanol–water partition coefficient (Wildman–Crippen LogP) is 1.99. The van der Waals surface area contributed by atoms with Gasteiger partial charge in [0.25, 0.3) is 0 Å². The van der Waals surface area contributed by atoms with E-state index in [4.69, 9.17) is 10.5 Å². The molecular formula is C17H23FN2O. The summed E-state index contributed by atoms with van der Waals surface area (Å²) in [5, 5.41) is 0. The lowest BCUT2D eigenvalue weighted by Crippen LogP contribution is -2.34. The topological polar surface area (TPSA) is 38.5 Å². The van der Waals surface area contributed by atoms with Crippen LogP contribution >= 0.6 is 0 Å². The number of halogens is 1. The van der Waals surface area contributed by atoms with Crippen molar-refractivity contribution in [1.29, 1.82) is 0 Å². The smallest absolute Gasteiger partial charge is 0.124 e. The van der Waals surface area contributed by atoms with E-state index in [0.717, 1.165) is 50.2 Å². The van der Waals surface area contributed by atoms with Crippen LogP contribution in [-0.4, -0.2) is 38.3 Å². The number of methoxy groups -OCH3 is 1. The summed E-state index contributed by atoms with van der Waals surface area (Å²) < 4.78 is 18.6. The third-order valence-electron chi connectivity index (χ3n) is 3.90. The maximum Gasteiger partial charge on any atom is 0.124 e. The van der Waals surface area contributed by atoms with Gasteiger partial charge in [-0.25, -0.2) is 4.39 Å². The molecule has 0 radical (unpaired) electrons. The molecule has 1 saturated heterocycles. The fourth-order valence-corrected chi connectivity index (χ4v) is 2.74. The Hall–Kier alpha value is -1.41. The van der Waals surface area contributed by atoms with E-state index in [0.29, 0.717) is 12.5 Å². The summed E-state index contributed by atoms with van der Waals surface area (Å²) in [5.74, 6) is 6.19. The Bertz CT molecular complexity index is 513. The molecule has 0 bridgehead atoms. The molecule has 0 aliphatic carbocycles. The van der Waals surface area contributed by atoms with E-state index in [1.807, 2.05) is 6.07 Å². The molecule has 1 aromatic rings. The highest BCUT2D eigenvalue weighted by Gasteiger charge is 2.19. The van der Waals surface area contributed by atoms with Gasteiger partial charge in [0.2, 0.25) is 0 Å². The lowest BCUT2D eigenvalue weighted by atomic mass is 9.97. The number of nitrogens with zero attached hydrogens (tertiary/aromatic N) is 1. The number of ether oxygens (including phenoxy) is 1. The second-order valence-electron chi connectivity index (χ2n) is 5.48. The van der Waals surface area contributed by atoms with Crippen LogP contribution in [0.3, 0.4) is 0 Å². The number of likely N-dealkylation sites (tertiary alicyclic amines) is 1. The standard InChI is InChI=1S/C17H23FN2O/c1-21-13-14-6-9-20(10-7-14)12-16-4-5-17(18)11-15(16)3-2-8-19/h4-5,11,14H,6-10,12-13,19H2,1H3. The Labute approximate surface area is 126 Å². The Balaban J connectivity index is 2.00. The highest BCUT2D eigenvalue weighted by Crippen LogP contribution is 2.20. The molecule has 21 heavy (non-hydrogen) atoms. The summed E-state index contributed by atoms with van der Waals surface area (Å²) >= 11 is 0. The summed E-state index contributed by atoms with van der Waals surface area (Å²) in [6.07, 6.45) is 2.30. The van der Waals surface area contributed by atoms with Crippen molar-refractivity contribution >= 4 is 0 Å². The number of benzene rings is 1. The van der Waals surface area contributed by atoms with E-state index in [1.54, 1.807) is 7.11 Å². The van der Waals surface area contributed by atoms with Gasteiger partial charge in [-0.3, -0.25) is 4.90 Å². The number of rotatable bonds is 4. The van der Waals surface area contributed by atoms with E-state index in [-0.39, 0.29) is 5.82 Å². The van der Waals surface area contributed by atoms with Gasteiger partial charge >= 0.3 is 0 Å². The van der Waals surface area contributed by atoms with E-state index in [2.05, 4.69) is 16.7 Å². The molecule has 0 spiro atoms. The minimum absolute atomic E-state index is 0.251. The van der Waals surface area contributed by atoms with Crippen LogP contribution in [0.5, 0.6) is 0 Å². The molecule has 1 aliphatic rings. The zero-order valence-corrected chi connectivity index (χ0v) is 12.6. The molecule has 1 heterocycles. The second kappa shape index (κ2) is 8.14. The molecule has 114 valence electrons. The summed E-state index contributed by atoms with van der Waals surface area (Å²) in [4.78, 5) is 2.40. The summed E-state index contributed by atoms with van der Waals surface area (Å²) in [6, 6.07) is 4.83. The van der Waals surface area contributed by atoms with Crippen LogP contribution in [0, 0.1) is 23.6 Å². The summed E-state index contributed by atoms with van der Waals surface area (Å²) in [7, 11) is 1.76. The highest BCUT2D eigenvalue weighted by atomic mass is 19.1. The lowest BCUT2D eigenvalue weighted by Gasteiger charge is -2.31. The van der Waals surface area contributed by atoms with E-state index < -0.39 is 0 Å². The molecule has 1 aromatic carbocycles. The number of nitrogens with two attached hydrogens (primary N) is 1. The van der Waals surface area contributed by atoms with Gasteiger partial charge in [-0.15, -0.1) is 0 Å². The lowest BCUT2D eigenvalue weighted by molar-refractivity contribution is 0.0968. The SMILES string of the molecule is COCC1CCN(Cc2ccc(F)cc2C#CCN)CC1. The largest absolute Gasteiger partial charge is 0.384 e. The Morgan fingerprint density at radius 1 is 1.38 bits per heavy atom. The zero-order valence-electron chi connectivity index (χ0n) is 12.6. The number of piperidine rings is 1. The zero-order chi connectivity index (χ0) is 15.1. The molecule has 3 nitrogen and oxygen atoms in total. The number of hydrogen-bond donors (Lipinski definition) is 1. The highest BCUT2D eigenvalue weighted by molar-refractivity contribution is 5.41. The van der Waals surface area contributed by atoms with Crippen molar-refractivity contribution in [1.82, 2.24) is 4.90 Å². The van der Waals surface area contributed by atoms with Crippen LogP contribution in [-0.2, 0) is 11.3 Å². The molecule has 0 amide bonds. The third kappa shape index (κ3) is 4.82. The fourth-order valence-electron chi connectivity index (χ4n) is 2.74. The average Bonchev–Trinajstić information content (AvgIpc) is 2.49. The molecule has 0 saturated carbocycles. The van der Waals surface area contributed by atoms with Crippen molar-refractivity contribution in [2.45, 2.75) is 19.4 Å². The first-order valence-corrected chi connectivity index (χ1v) is 7.41. The van der Waals surface area contributed by atoms with Gasteiger partial charge in [0.05, 0.1) is 6.54 Å². The third-order valence-corrected chi connectivity index (χ3v) is 3.90. The van der Waals surface area contributed by atoms with E-state index in [9.17, 15) is 4.39 Å². The van der Waals surface area contributed by atoms with Gasteiger partial charge in [0.15, 0.2) is 0 Å². The van der Waals surface area contributed by atoms with E-state index in [1.165, 1.54) is 12.1 Å². The van der Waals surface area contributed by atoms with Gasteiger partial charge in [-0.2, -0.15) is 0 Å². The fraction of sp³-hybridized carbons (Fsp3) is 0.529. The maximum absolute atomic E-state index is 13.4. The molecule has 0 atom stereocenters. The van der Waals surface area contributed by atoms with Crippen LogP contribution in [0.4, 0.5) is 4.39 Å². The normalized spacial score (nSPS) is 16.5. The second-order valence-corrected chi connectivity index (χ2v) is 5.48. The van der Waals surface area contributed by atoms with Gasteiger partial charge in [0, 0.05) is 25.8 Å². The molecule has 1 fully saturated rings. The van der Waals surface area contributed by atoms with Crippen LogP contribution in [0.15, 0.2) is 18.2 Å². The van der Waals surface area contributed by atoms with Crippen molar-refractivity contribution in [3.63, 3.8) is 0 Å². The van der Waals surface area contributed by atoms with Crippen LogP contribution in [0.2, 0.25) is 0 Å². The van der Waals surface area contributed by atoms with Crippen molar-refractivity contribution in [3.05, 3.63) is 35.1 Å². The minimum Gasteiger partial charge on any atom is -0.384 e. The first-order chi connectivity index (χ1) is 10.2. The first kappa shape index (κ1) is 16.0. The molecule has 2 rings (SSSR count). The van der Waals surface area contributed by atoms with Crippen molar-refractivity contribution < 1.29 is 9.13 Å². The van der Waals surface area contributed by atoms with Crippen LogP contribution in [0.1, 0.15) is 24.0 Å². The monoisotopic (exact) mass is 290 g/mol. The average molecular weight is 290 g/mol. The van der Waals surface area contributed by atoms with Gasteiger partial charge in [-0.1, -0.05) is 17.9 Å². The molecule has 4 heteroatoms. The molecule has 1 aliphatic heterocycles. The number of hydrogen-bond acceptors (Lipinski definition) is 3. The summed E-state index contributed by atoms with van der Waals surface area (Å²) in [6.45, 7) is 4.05. The van der Waals surface area contributed by atoms with Crippen molar-refractivity contribution in [2.24, 2.45) is 11.7 Å². The van der Waals surface area contributed by atoms with Gasteiger partial charge < -0.3 is 10.5 Å². The Morgan fingerprint density at radius 2 is 2.14 bits per heavy atom.